The van der Waals surface area contributed by atoms with Gasteiger partial charge in [0, 0.05) is 26.0 Å². The number of hydrogen-bond acceptors (Lipinski definition) is 5. The highest BCUT2D eigenvalue weighted by Crippen LogP contribution is 2.15. The van der Waals surface area contributed by atoms with Crippen LogP contribution in [0.2, 0.25) is 0 Å². The van der Waals surface area contributed by atoms with E-state index in [0.29, 0.717) is 18.1 Å². The molecular formula is C14H15N3O2. The molecule has 2 rings (SSSR count). The van der Waals surface area contributed by atoms with Gasteiger partial charge < -0.3 is 9.64 Å². The summed E-state index contributed by atoms with van der Waals surface area (Å²) < 4.78 is 5.18. The number of ether oxygens (including phenoxy) is 1. The van der Waals surface area contributed by atoms with Gasteiger partial charge in [0.15, 0.2) is 6.29 Å². The third-order valence-electron chi connectivity index (χ3n) is 2.69. The lowest BCUT2D eigenvalue weighted by Gasteiger charge is -2.17. The van der Waals surface area contributed by atoms with Gasteiger partial charge in [-0.15, -0.1) is 0 Å². The molecule has 0 unspecified atom stereocenters. The standard InChI is InChI=1S/C14H15N3O2/c1-17(14-15-7-12(10-18)8-16-14)9-11-4-3-5-13(6-11)19-2/h3-8,10H,9H2,1-2H3. The Labute approximate surface area is 111 Å². The molecule has 0 aliphatic rings. The number of aromatic nitrogens is 2. The first-order chi connectivity index (χ1) is 9.22. The topological polar surface area (TPSA) is 55.3 Å². The van der Waals surface area contributed by atoms with Gasteiger partial charge in [-0.25, -0.2) is 9.97 Å². The van der Waals surface area contributed by atoms with Crippen LogP contribution >= 0.6 is 0 Å². The molecule has 1 aromatic heterocycles. The molecule has 1 aromatic carbocycles. The van der Waals surface area contributed by atoms with Crippen molar-refractivity contribution >= 4 is 12.2 Å². The lowest BCUT2D eigenvalue weighted by atomic mass is 10.2. The molecule has 0 radical (unpaired) electrons. The van der Waals surface area contributed by atoms with E-state index >= 15 is 0 Å². The fourth-order valence-corrected chi connectivity index (χ4v) is 1.70. The summed E-state index contributed by atoms with van der Waals surface area (Å²) in [5, 5.41) is 0. The second-order valence-corrected chi connectivity index (χ2v) is 4.14. The van der Waals surface area contributed by atoms with Crippen molar-refractivity contribution in [3.05, 3.63) is 47.8 Å². The number of nitrogens with zero attached hydrogens (tertiary/aromatic N) is 3. The predicted molar refractivity (Wildman–Crippen MR) is 72.5 cm³/mol. The number of aldehydes is 1. The van der Waals surface area contributed by atoms with Crippen LogP contribution in [-0.2, 0) is 6.54 Å². The van der Waals surface area contributed by atoms with Gasteiger partial charge in [-0.2, -0.15) is 0 Å². The summed E-state index contributed by atoms with van der Waals surface area (Å²) in [6.07, 6.45) is 3.75. The summed E-state index contributed by atoms with van der Waals surface area (Å²) in [5.74, 6) is 1.40. The third-order valence-corrected chi connectivity index (χ3v) is 2.69. The number of hydrogen-bond donors (Lipinski definition) is 0. The number of anilines is 1. The molecule has 0 aliphatic carbocycles. The summed E-state index contributed by atoms with van der Waals surface area (Å²) in [4.78, 5) is 20.7. The first-order valence-electron chi connectivity index (χ1n) is 5.84. The molecule has 0 aliphatic heterocycles. The molecular weight excluding hydrogens is 242 g/mol. The molecule has 5 heteroatoms. The van der Waals surface area contributed by atoms with Crippen LogP contribution in [0.15, 0.2) is 36.7 Å². The maximum absolute atomic E-state index is 10.5. The molecule has 0 fully saturated rings. The number of methoxy groups -OCH3 is 1. The largest absolute Gasteiger partial charge is 0.497 e. The highest BCUT2D eigenvalue weighted by Gasteiger charge is 2.06. The maximum Gasteiger partial charge on any atom is 0.225 e. The Morgan fingerprint density at radius 1 is 1.32 bits per heavy atom. The Hall–Kier alpha value is -2.43. The summed E-state index contributed by atoms with van der Waals surface area (Å²) in [5.41, 5.74) is 1.57. The van der Waals surface area contributed by atoms with Gasteiger partial charge in [0.1, 0.15) is 5.75 Å². The van der Waals surface area contributed by atoms with E-state index in [1.807, 2.05) is 36.2 Å². The molecule has 98 valence electrons. The molecule has 19 heavy (non-hydrogen) atoms. The lowest BCUT2D eigenvalue weighted by molar-refractivity contribution is 0.112. The average Bonchev–Trinajstić information content (AvgIpc) is 2.47. The number of rotatable bonds is 5. The molecule has 0 N–H and O–H groups in total. The predicted octanol–water partition coefficient (Wildman–Crippen LogP) is 1.93. The quantitative estimate of drug-likeness (QED) is 0.766. The van der Waals surface area contributed by atoms with Gasteiger partial charge >= 0.3 is 0 Å². The van der Waals surface area contributed by atoms with Crippen LogP contribution in [0.1, 0.15) is 15.9 Å². The Kier molecular flexibility index (Phi) is 4.07. The smallest absolute Gasteiger partial charge is 0.225 e. The van der Waals surface area contributed by atoms with Crippen molar-refractivity contribution in [1.82, 2.24) is 9.97 Å². The first kappa shape index (κ1) is 13.0. The second-order valence-electron chi connectivity index (χ2n) is 4.14. The van der Waals surface area contributed by atoms with Crippen LogP contribution in [0.3, 0.4) is 0 Å². The maximum atomic E-state index is 10.5. The average molecular weight is 257 g/mol. The summed E-state index contributed by atoms with van der Waals surface area (Å²) in [6.45, 7) is 0.664. The van der Waals surface area contributed by atoms with Gasteiger partial charge in [0.05, 0.1) is 12.7 Å². The third kappa shape index (κ3) is 3.28. The van der Waals surface area contributed by atoms with E-state index in [0.717, 1.165) is 17.6 Å². The zero-order valence-corrected chi connectivity index (χ0v) is 10.9. The molecule has 0 amide bonds. The van der Waals surface area contributed by atoms with Crippen LogP contribution < -0.4 is 9.64 Å². The van der Waals surface area contributed by atoms with Gasteiger partial charge in [0.25, 0.3) is 0 Å². The van der Waals surface area contributed by atoms with Crippen LogP contribution in [0.4, 0.5) is 5.95 Å². The van der Waals surface area contributed by atoms with E-state index in [1.54, 1.807) is 7.11 Å². The van der Waals surface area contributed by atoms with E-state index in [9.17, 15) is 4.79 Å². The van der Waals surface area contributed by atoms with Gasteiger partial charge in [-0.1, -0.05) is 12.1 Å². The monoisotopic (exact) mass is 257 g/mol. The molecule has 1 heterocycles. The highest BCUT2D eigenvalue weighted by atomic mass is 16.5. The molecule has 5 nitrogen and oxygen atoms in total. The second kappa shape index (κ2) is 5.95. The number of carbonyl (C=O) groups is 1. The first-order valence-corrected chi connectivity index (χ1v) is 5.84. The zero-order chi connectivity index (χ0) is 13.7. The molecule has 0 saturated heterocycles. The van der Waals surface area contributed by atoms with E-state index in [-0.39, 0.29) is 0 Å². The Bertz CT molecular complexity index is 555. The van der Waals surface area contributed by atoms with Crippen LogP contribution in [0, 0.1) is 0 Å². The normalized spacial score (nSPS) is 10.0. The molecule has 0 atom stereocenters. The fraction of sp³-hybridized carbons (Fsp3) is 0.214. The van der Waals surface area contributed by atoms with E-state index in [2.05, 4.69) is 9.97 Å². The van der Waals surface area contributed by atoms with Crippen molar-refractivity contribution in [3.8, 4) is 5.75 Å². The fourth-order valence-electron chi connectivity index (χ4n) is 1.70. The van der Waals surface area contributed by atoms with Crippen LogP contribution in [0.25, 0.3) is 0 Å². The van der Waals surface area contributed by atoms with Crippen molar-refractivity contribution < 1.29 is 9.53 Å². The van der Waals surface area contributed by atoms with Crippen LogP contribution in [-0.4, -0.2) is 30.4 Å². The van der Waals surface area contributed by atoms with Crippen molar-refractivity contribution in [2.24, 2.45) is 0 Å². The Balaban J connectivity index is 2.10. The number of carbonyl (C=O) groups excluding carboxylic acids is 1. The minimum atomic E-state index is 0.471. The molecule has 2 aromatic rings. The van der Waals surface area contributed by atoms with Crippen molar-refractivity contribution in [2.45, 2.75) is 6.54 Å². The van der Waals surface area contributed by atoms with E-state index in [4.69, 9.17) is 4.74 Å². The molecule has 0 saturated carbocycles. The summed E-state index contributed by atoms with van der Waals surface area (Å²) in [7, 11) is 3.54. The van der Waals surface area contributed by atoms with Gasteiger partial charge in [-0.3, -0.25) is 4.79 Å². The SMILES string of the molecule is COc1cccc(CN(C)c2ncc(C=O)cn2)c1. The lowest BCUT2D eigenvalue weighted by Crippen LogP contribution is -2.19. The highest BCUT2D eigenvalue weighted by molar-refractivity contribution is 5.73. The molecule has 0 bridgehead atoms. The minimum absolute atomic E-state index is 0.471. The minimum Gasteiger partial charge on any atom is -0.497 e. The van der Waals surface area contributed by atoms with E-state index < -0.39 is 0 Å². The zero-order valence-electron chi connectivity index (χ0n) is 10.9. The van der Waals surface area contributed by atoms with Crippen molar-refractivity contribution in [2.75, 3.05) is 19.1 Å². The Morgan fingerprint density at radius 2 is 2.05 bits per heavy atom. The Morgan fingerprint density at radius 3 is 2.68 bits per heavy atom. The molecule has 0 spiro atoms. The number of benzene rings is 1. The van der Waals surface area contributed by atoms with E-state index in [1.165, 1.54) is 12.4 Å². The van der Waals surface area contributed by atoms with Gasteiger partial charge in [-0.05, 0) is 17.7 Å². The summed E-state index contributed by atoms with van der Waals surface area (Å²) >= 11 is 0. The van der Waals surface area contributed by atoms with Gasteiger partial charge in [0.2, 0.25) is 5.95 Å². The van der Waals surface area contributed by atoms with Crippen LogP contribution in [0.5, 0.6) is 5.75 Å². The van der Waals surface area contributed by atoms with Crippen molar-refractivity contribution in [3.63, 3.8) is 0 Å². The van der Waals surface area contributed by atoms with Crippen molar-refractivity contribution in [1.29, 1.82) is 0 Å². The summed E-state index contributed by atoms with van der Waals surface area (Å²) in [6, 6.07) is 7.83.